The summed E-state index contributed by atoms with van der Waals surface area (Å²) in [5.41, 5.74) is 27.3. The van der Waals surface area contributed by atoms with Crippen molar-refractivity contribution in [2.24, 2.45) is 44.6 Å². The Balaban J connectivity index is 3.21. The molecule has 22 nitrogen and oxygen atoms in total. The fraction of sp³-hybridized carbons (Fsp3) is 0.735. The number of carboxylic acid groups (broad SMARTS) is 1. The Morgan fingerprint density at radius 2 is 1.35 bits per heavy atom. The first kappa shape index (κ1) is 50.1. The van der Waals surface area contributed by atoms with Crippen molar-refractivity contribution >= 4 is 65.1 Å². The zero-order valence-electron chi connectivity index (χ0n) is 33.2. The van der Waals surface area contributed by atoms with Gasteiger partial charge in [-0.15, -0.1) is 0 Å². The number of likely N-dealkylation sites (tertiary alicyclic amines) is 1. The molecule has 324 valence electrons. The van der Waals surface area contributed by atoms with Crippen LogP contribution in [0.15, 0.2) is 9.98 Å². The van der Waals surface area contributed by atoms with Crippen molar-refractivity contribution < 1.29 is 43.8 Å². The number of amides is 6. The molecule has 0 saturated carbocycles. The Kier molecular flexibility index (Phi) is 23.0. The number of guanidine groups is 2. The SMILES string of the molecule is CC[C@H](C)[C@H](NC(=O)[C@H](C)NC(=O)[C@@H]1CCCN1C(=O)[C@H](CCCN=C(N)N)NC(=O)[C@H](CCCN=C(N)N)NC(=O)[C@@H](N)CO)C(=O)N[C@@H](CCSC)C(=O)O. The molecule has 57 heavy (non-hydrogen) atoms. The van der Waals surface area contributed by atoms with E-state index in [4.69, 9.17) is 28.7 Å². The first-order valence-electron chi connectivity index (χ1n) is 18.9. The van der Waals surface area contributed by atoms with Crippen LogP contribution < -0.4 is 55.3 Å². The number of thioether (sulfide) groups is 1. The predicted molar refractivity (Wildman–Crippen MR) is 215 cm³/mol. The number of hydrogen-bond donors (Lipinski definition) is 12. The summed E-state index contributed by atoms with van der Waals surface area (Å²) >= 11 is 1.43. The van der Waals surface area contributed by atoms with Crippen molar-refractivity contribution in [3.8, 4) is 0 Å². The van der Waals surface area contributed by atoms with Crippen LogP contribution in [0.25, 0.3) is 0 Å². The number of aliphatic imine (C=N–C) groups is 2. The number of nitrogens with one attached hydrogen (secondary N) is 5. The van der Waals surface area contributed by atoms with Gasteiger partial charge in [0.2, 0.25) is 35.4 Å². The second-order valence-electron chi connectivity index (χ2n) is 13.8. The second kappa shape index (κ2) is 26.1. The molecule has 1 saturated heterocycles. The number of aliphatic hydroxyl groups is 1. The van der Waals surface area contributed by atoms with Gasteiger partial charge in [0.25, 0.3) is 0 Å². The van der Waals surface area contributed by atoms with Gasteiger partial charge in [-0.05, 0) is 69.8 Å². The Hall–Kier alpha value is -4.90. The monoisotopic (exact) mass is 829 g/mol. The largest absolute Gasteiger partial charge is 0.480 e. The zero-order valence-corrected chi connectivity index (χ0v) is 34.0. The van der Waals surface area contributed by atoms with Crippen molar-refractivity contribution in [3.63, 3.8) is 0 Å². The summed E-state index contributed by atoms with van der Waals surface area (Å²) in [6.07, 6.45) is 3.71. The Bertz CT molecular complexity index is 1430. The van der Waals surface area contributed by atoms with Gasteiger partial charge >= 0.3 is 5.97 Å². The molecule has 1 aliphatic heterocycles. The normalized spacial score (nSPS) is 17.3. The third kappa shape index (κ3) is 17.8. The van der Waals surface area contributed by atoms with Crippen LogP contribution in [0.2, 0.25) is 0 Å². The van der Waals surface area contributed by atoms with E-state index in [0.717, 1.165) is 0 Å². The number of carbonyl (C=O) groups excluding carboxylic acids is 6. The van der Waals surface area contributed by atoms with E-state index in [1.807, 2.05) is 13.2 Å². The maximum Gasteiger partial charge on any atom is 0.326 e. The van der Waals surface area contributed by atoms with Crippen LogP contribution in [0.5, 0.6) is 0 Å². The number of carboxylic acids is 1. The third-order valence-corrected chi connectivity index (χ3v) is 9.92. The van der Waals surface area contributed by atoms with Gasteiger partial charge in [-0.1, -0.05) is 20.3 Å². The topological polar surface area (TPSA) is 378 Å². The number of nitrogens with two attached hydrogens (primary N) is 5. The van der Waals surface area contributed by atoms with Crippen LogP contribution in [-0.2, 0) is 33.6 Å². The first-order chi connectivity index (χ1) is 26.9. The van der Waals surface area contributed by atoms with Crippen molar-refractivity contribution in [2.45, 2.75) is 114 Å². The molecule has 0 aromatic rings. The summed E-state index contributed by atoms with van der Waals surface area (Å²) < 4.78 is 0. The van der Waals surface area contributed by atoms with Crippen LogP contribution in [0.1, 0.15) is 72.1 Å². The number of carbonyl (C=O) groups is 7. The Morgan fingerprint density at radius 3 is 1.88 bits per heavy atom. The molecule has 1 heterocycles. The molecule has 1 aliphatic rings. The molecule has 0 aromatic heterocycles. The molecule has 0 radical (unpaired) electrons. The lowest BCUT2D eigenvalue weighted by atomic mass is 9.97. The van der Waals surface area contributed by atoms with Gasteiger partial charge in [0.05, 0.1) is 6.61 Å². The summed E-state index contributed by atoms with van der Waals surface area (Å²) in [6.45, 7) is 4.67. The number of nitrogens with zero attached hydrogens (tertiary/aromatic N) is 3. The summed E-state index contributed by atoms with van der Waals surface area (Å²) in [7, 11) is 0. The van der Waals surface area contributed by atoms with E-state index in [1.165, 1.54) is 23.6 Å². The summed E-state index contributed by atoms with van der Waals surface area (Å²) in [5.74, 6) is -5.61. The van der Waals surface area contributed by atoms with Gasteiger partial charge in [-0.25, -0.2) is 4.79 Å². The van der Waals surface area contributed by atoms with Crippen LogP contribution in [0.4, 0.5) is 0 Å². The van der Waals surface area contributed by atoms with Crippen LogP contribution >= 0.6 is 11.8 Å². The average molecular weight is 830 g/mol. The lowest BCUT2D eigenvalue weighted by molar-refractivity contribution is -0.143. The van der Waals surface area contributed by atoms with Gasteiger partial charge in [-0.3, -0.25) is 38.8 Å². The Morgan fingerprint density at radius 1 is 0.789 bits per heavy atom. The molecule has 23 heteroatoms. The summed E-state index contributed by atoms with van der Waals surface area (Å²) in [5, 5.41) is 31.9. The smallest absolute Gasteiger partial charge is 0.326 e. The molecule has 6 amide bonds. The minimum absolute atomic E-state index is 0.0355. The quantitative estimate of drug-likeness (QED) is 0.0223. The van der Waals surface area contributed by atoms with E-state index in [-0.39, 0.29) is 76.0 Å². The van der Waals surface area contributed by atoms with E-state index in [0.29, 0.717) is 18.6 Å². The van der Waals surface area contributed by atoms with E-state index < -0.39 is 90.3 Å². The molecule has 0 aliphatic carbocycles. The van der Waals surface area contributed by atoms with Gasteiger partial charge in [0, 0.05) is 19.6 Å². The Labute approximate surface area is 337 Å². The number of aliphatic hydroxyl groups excluding tert-OH is 1. The van der Waals surface area contributed by atoms with Gasteiger partial charge in [-0.2, -0.15) is 11.8 Å². The average Bonchev–Trinajstić information content (AvgIpc) is 3.66. The van der Waals surface area contributed by atoms with Gasteiger partial charge in [0.1, 0.15) is 42.3 Å². The van der Waals surface area contributed by atoms with Gasteiger partial charge in [0.15, 0.2) is 11.9 Å². The lowest BCUT2D eigenvalue weighted by Crippen LogP contribution is -2.59. The first-order valence-corrected chi connectivity index (χ1v) is 20.3. The molecule has 17 N–H and O–H groups in total. The summed E-state index contributed by atoms with van der Waals surface area (Å²) in [4.78, 5) is 101. The van der Waals surface area contributed by atoms with Crippen LogP contribution in [0.3, 0.4) is 0 Å². The third-order valence-electron chi connectivity index (χ3n) is 9.28. The minimum atomic E-state index is -1.32. The van der Waals surface area contributed by atoms with E-state index >= 15 is 0 Å². The standard InChI is InChI=1S/C34H63N13O9S/c1-5-18(2)25(30(53)45-23(32(55)56)12-16-57-4)46-26(49)19(3)42-29(52)24-11-8-15-47(24)31(54)22(10-7-14-41-34(38)39)44-28(51)21(9-6-13-40-33(36)37)43-27(50)20(35)17-48/h18-25,48H,5-17,35H2,1-4H3,(H,42,52)(H,43,50)(H,44,51)(H,45,53)(H,46,49)(H,55,56)(H4,36,37,40)(H4,38,39,41)/t18-,19-,20-,21-,22-,23-,24-,25-/m0/s1. The molecule has 1 fully saturated rings. The van der Waals surface area contributed by atoms with Crippen molar-refractivity contribution in [3.05, 3.63) is 0 Å². The molecule has 0 bridgehead atoms. The van der Waals surface area contributed by atoms with Gasteiger partial charge < -0.3 is 70.4 Å². The maximum absolute atomic E-state index is 14.1. The molecule has 0 unspecified atom stereocenters. The molecule has 0 aromatic carbocycles. The molecule has 8 atom stereocenters. The highest BCUT2D eigenvalue weighted by molar-refractivity contribution is 7.98. The highest BCUT2D eigenvalue weighted by Gasteiger charge is 2.39. The second-order valence-corrected chi connectivity index (χ2v) is 14.8. The van der Waals surface area contributed by atoms with Crippen LogP contribution in [-0.4, -0.2) is 149 Å². The van der Waals surface area contributed by atoms with E-state index in [1.54, 1.807) is 6.92 Å². The highest BCUT2D eigenvalue weighted by Crippen LogP contribution is 2.20. The number of hydrogen-bond acceptors (Lipinski definition) is 12. The molecular formula is C34H63N13O9S. The fourth-order valence-electron chi connectivity index (χ4n) is 5.78. The zero-order chi connectivity index (χ0) is 43.2. The molecule has 0 spiro atoms. The summed E-state index contributed by atoms with van der Waals surface area (Å²) in [6, 6.07) is -8.16. The van der Waals surface area contributed by atoms with Crippen molar-refractivity contribution in [1.82, 2.24) is 31.5 Å². The van der Waals surface area contributed by atoms with E-state index in [9.17, 15) is 43.8 Å². The van der Waals surface area contributed by atoms with Crippen molar-refractivity contribution in [1.29, 1.82) is 0 Å². The fourth-order valence-corrected chi connectivity index (χ4v) is 6.25. The van der Waals surface area contributed by atoms with Crippen molar-refractivity contribution in [2.75, 3.05) is 38.2 Å². The predicted octanol–water partition coefficient (Wildman–Crippen LogP) is -4.27. The lowest BCUT2D eigenvalue weighted by Gasteiger charge is -2.31. The van der Waals surface area contributed by atoms with Crippen LogP contribution in [0, 0.1) is 5.92 Å². The highest BCUT2D eigenvalue weighted by atomic mass is 32.2. The number of rotatable bonds is 26. The molecular weight excluding hydrogens is 767 g/mol. The maximum atomic E-state index is 14.1. The van der Waals surface area contributed by atoms with E-state index in [2.05, 4.69) is 36.6 Å². The molecule has 1 rings (SSSR count). The minimum Gasteiger partial charge on any atom is -0.480 e. The number of aliphatic carboxylic acids is 1.